The van der Waals surface area contributed by atoms with Gasteiger partial charge in [-0.25, -0.2) is 0 Å². The molecule has 0 spiro atoms. The summed E-state index contributed by atoms with van der Waals surface area (Å²) in [4.78, 5) is 105. The Kier molecular flexibility index (Phi) is 16.5. The number of carboxylic acids is 1. The second kappa shape index (κ2) is 21.0. The van der Waals surface area contributed by atoms with Crippen molar-refractivity contribution in [1.82, 2.24) is 36.9 Å². The van der Waals surface area contributed by atoms with Gasteiger partial charge in [0.1, 0.15) is 36.8 Å². The van der Waals surface area contributed by atoms with Gasteiger partial charge in [0.2, 0.25) is 41.4 Å². The van der Waals surface area contributed by atoms with Crippen molar-refractivity contribution >= 4 is 58.2 Å². The van der Waals surface area contributed by atoms with Gasteiger partial charge in [0.05, 0.1) is 6.04 Å². The molecule has 302 valence electrons. The number of H-pyrrole nitrogens is 1. The number of nitrogens with two attached hydrogens (primary N) is 2. The fourth-order valence-corrected chi connectivity index (χ4v) is 5.67. The minimum atomic E-state index is -1.27. The van der Waals surface area contributed by atoms with Crippen LogP contribution in [-0.4, -0.2) is 100 Å². The summed E-state index contributed by atoms with van der Waals surface area (Å²) in [5.41, 5.74) is 13.6. The zero-order valence-corrected chi connectivity index (χ0v) is 31.7. The van der Waals surface area contributed by atoms with E-state index in [9.17, 15) is 38.4 Å². The maximum atomic E-state index is 13.8. The minimum absolute atomic E-state index is 0.0241. The van der Waals surface area contributed by atoms with Crippen molar-refractivity contribution in [1.29, 1.82) is 0 Å². The molecule has 0 saturated heterocycles. The van der Waals surface area contributed by atoms with Crippen LogP contribution in [0.25, 0.3) is 10.9 Å². The van der Waals surface area contributed by atoms with Gasteiger partial charge in [0.25, 0.3) is 0 Å². The van der Waals surface area contributed by atoms with Gasteiger partial charge in [-0.05, 0) is 49.8 Å². The quantitative estimate of drug-likeness (QED) is 0.0621. The van der Waals surface area contributed by atoms with Gasteiger partial charge in [-0.3, -0.25) is 38.4 Å². The summed E-state index contributed by atoms with van der Waals surface area (Å²) in [6.07, 6.45) is 1.42. The molecule has 1 aromatic heterocycles. The van der Waals surface area contributed by atoms with E-state index in [1.165, 1.54) is 13.8 Å². The first-order valence-electron chi connectivity index (χ1n) is 18.1. The summed E-state index contributed by atoms with van der Waals surface area (Å²) >= 11 is 0. The molecule has 6 atom stereocenters. The van der Waals surface area contributed by atoms with Crippen LogP contribution in [0.15, 0.2) is 60.8 Å². The highest BCUT2D eigenvalue weighted by atomic mass is 16.4. The third-order valence-corrected chi connectivity index (χ3v) is 8.84. The molecule has 3 aromatic rings. The summed E-state index contributed by atoms with van der Waals surface area (Å²) in [7, 11) is 0. The maximum Gasteiger partial charge on any atom is 0.322 e. The Bertz CT molecular complexity index is 1880. The van der Waals surface area contributed by atoms with Crippen LogP contribution in [0, 0.1) is 5.92 Å². The van der Waals surface area contributed by atoms with E-state index < -0.39 is 96.0 Å². The maximum absolute atomic E-state index is 13.8. The molecule has 0 aliphatic heterocycles. The van der Waals surface area contributed by atoms with Crippen molar-refractivity contribution in [3.63, 3.8) is 0 Å². The summed E-state index contributed by atoms with van der Waals surface area (Å²) in [6.45, 7) is 5.38. The lowest BCUT2D eigenvalue weighted by Gasteiger charge is -2.27. The molecule has 0 saturated carbocycles. The topological polar surface area (TPSA) is 297 Å². The molecule has 0 radical (unpaired) electrons. The molecule has 18 heteroatoms. The number of aromatic nitrogens is 1. The van der Waals surface area contributed by atoms with Gasteiger partial charge in [-0.1, -0.05) is 62.4 Å². The summed E-state index contributed by atoms with van der Waals surface area (Å²) in [6, 6.07) is 9.12. The van der Waals surface area contributed by atoms with E-state index in [0.29, 0.717) is 5.56 Å². The molecule has 2 aromatic carbocycles. The fraction of sp³-hybridized carbons (Fsp3) is 0.421. The van der Waals surface area contributed by atoms with Gasteiger partial charge >= 0.3 is 5.97 Å². The van der Waals surface area contributed by atoms with E-state index in [-0.39, 0.29) is 25.7 Å². The number of aliphatic carboxylic acids is 1. The number of nitrogens with one attached hydrogen (secondary N) is 7. The number of carbonyl (C=O) groups excluding carboxylic acids is 7. The number of amides is 7. The van der Waals surface area contributed by atoms with Crippen LogP contribution in [0.1, 0.15) is 51.7 Å². The molecular formula is C38H51N9O9. The number of hydrogen-bond donors (Lipinski definition) is 10. The predicted molar refractivity (Wildman–Crippen MR) is 205 cm³/mol. The van der Waals surface area contributed by atoms with Gasteiger partial charge < -0.3 is 53.5 Å². The normalized spacial score (nSPS) is 14.2. The molecular weight excluding hydrogens is 726 g/mol. The highest BCUT2D eigenvalue weighted by Crippen LogP contribution is 2.19. The number of benzene rings is 2. The molecule has 0 fully saturated rings. The van der Waals surface area contributed by atoms with Gasteiger partial charge in [-0.2, -0.15) is 0 Å². The van der Waals surface area contributed by atoms with E-state index in [1.54, 1.807) is 50.4 Å². The minimum Gasteiger partial charge on any atom is -0.480 e. The summed E-state index contributed by atoms with van der Waals surface area (Å²) < 4.78 is 0. The molecule has 18 nitrogen and oxygen atoms in total. The Morgan fingerprint density at radius 2 is 1.27 bits per heavy atom. The van der Waals surface area contributed by atoms with E-state index >= 15 is 0 Å². The van der Waals surface area contributed by atoms with Crippen LogP contribution in [0.5, 0.6) is 0 Å². The number of carboxylic acid groups (broad SMARTS) is 1. The lowest BCUT2D eigenvalue weighted by molar-refractivity contribution is -0.138. The predicted octanol–water partition coefficient (Wildman–Crippen LogP) is -1.13. The van der Waals surface area contributed by atoms with Crippen molar-refractivity contribution in [3.05, 3.63) is 71.9 Å². The molecule has 0 unspecified atom stereocenters. The lowest BCUT2D eigenvalue weighted by atomic mass is 10.00. The Morgan fingerprint density at radius 1 is 0.679 bits per heavy atom. The lowest BCUT2D eigenvalue weighted by Crippen LogP contribution is -2.60. The average Bonchev–Trinajstić information content (AvgIpc) is 3.56. The third kappa shape index (κ3) is 13.5. The van der Waals surface area contributed by atoms with Gasteiger partial charge in [-0.15, -0.1) is 0 Å². The first-order valence-corrected chi connectivity index (χ1v) is 18.1. The Labute approximate surface area is 323 Å². The number of hydrogen-bond acceptors (Lipinski definition) is 9. The highest BCUT2D eigenvalue weighted by Gasteiger charge is 2.33. The molecule has 0 aliphatic carbocycles. The van der Waals surface area contributed by atoms with Crippen LogP contribution in [0.2, 0.25) is 0 Å². The van der Waals surface area contributed by atoms with Crippen molar-refractivity contribution in [2.24, 2.45) is 17.4 Å². The van der Waals surface area contributed by atoms with Crippen molar-refractivity contribution in [2.45, 2.75) is 89.6 Å². The molecule has 7 amide bonds. The molecule has 12 N–H and O–H groups in total. The van der Waals surface area contributed by atoms with E-state index in [0.717, 1.165) is 16.5 Å². The van der Waals surface area contributed by atoms with E-state index in [4.69, 9.17) is 16.6 Å². The number of primary amides is 1. The number of fused-ring (bicyclic) bond motifs is 1. The molecule has 0 aliphatic rings. The van der Waals surface area contributed by atoms with Crippen molar-refractivity contribution in [3.8, 4) is 0 Å². The molecule has 1 heterocycles. The van der Waals surface area contributed by atoms with Crippen LogP contribution in [0.4, 0.5) is 0 Å². The summed E-state index contributed by atoms with van der Waals surface area (Å²) in [5.74, 6) is -6.97. The second-order valence-corrected chi connectivity index (χ2v) is 13.8. The molecule has 56 heavy (non-hydrogen) atoms. The number of para-hydroxylation sites is 1. The van der Waals surface area contributed by atoms with Crippen LogP contribution in [0.3, 0.4) is 0 Å². The van der Waals surface area contributed by atoms with Gasteiger partial charge in [0.15, 0.2) is 0 Å². The smallest absolute Gasteiger partial charge is 0.322 e. The Hall–Kier alpha value is -6.30. The highest BCUT2D eigenvalue weighted by molar-refractivity contribution is 5.97. The van der Waals surface area contributed by atoms with E-state index in [1.807, 2.05) is 24.3 Å². The van der Waals surface area contributed by atoms with Crippen molar-refractivity contribution in [2.75, 3.05) is 6.54 Å². The van der Waals surface area contributed by atoms with Crippen molar-refractivity contribution < 1.29 is 43.5 Å². The van der Waals surface area contributed by atoms with Crippen LogP contribution >= 0.6 is 0 Å². The second-order valence-electron chi connectivity index (χ2n) is 13.8. The summed E-state index contributed by atoms with van der Waals surface area (Å²) in [5, 5.41) is 24.7. The molecule has 0 bridgehead atoms. The first-order chi connectivity index (χ1) is 26.5. The molecule has 3 rings (SSSR count). The largest absolute Gasteiger partial charge is 0.480 e. The van der Waals surface area contributed by atoms with Crippen LogP contribution in [-0.2, 0) is 51.2 Å². The third-order valence-electron chi connectivity index (χ3n) is 8.84. The first kappa shape index (κ1) is 44.1. The van der Waals surface area contributed by atoms with Gasteiger partial charge in [0, 0.05) is 29.9 Å². The monoisotopic (exact) mass is 777 g/mol. The number of rotatable bonds is 21. The SMILES string of the molecule is CC(C)[C@H](NC(=O)[C@H](C)NC(=O)[C@H](CCC(N)=O)NC(=O)[C@@H](N)Cc1ccccc1)C(=O)N[C@@H](Cc1c[nH]c2ccccc12)C(=O)N[C@@H](C)C(=O)NCC(=O)O. The Morgan fingerprint density at radius 3 is 1.89 bits per heavy atom. The number of aromatic amines is 1. The van der Waals surface area contributed by atoms with Crippen LogP contribution < -0.4 is 43.4 Å². The van der Waals surface area contributed by atoms with E-state index in [2.05, 4.69) is 36.9 Å². The number of carbonyl (C=O) groups is 8. The fourth-order valence-electron chi connectivity index (χ4n) is 5.67. The Balaban J connectivity index is 1.73. The standard InChI is InChI=1S/C38H51N9O9/c1-20(2)32(47-34(52)22(4)44-36(54)28(14-15-30(40)48)45-35(53)26(39)16-23-10-6-5-7-11-23)38(56)46-29(17-24-18-41-27-13-9-8-12-25(24)27)37(55)43-21(3)33(51)42-19-31(49)50/h5-13,18,20-22,26,28-29,32,41H,14-17,19,39H2,1-4H3,(H2,40,48)(H,42,51)(H,43,55)(H,44,54)(H,45,53)(H,46,56)(H,47,52)(H,49,50)/t21-,22-,26-,28-,29-,32-/m0/s1. The zero-order valence-electron chi connectivity index (χ0n) is 31.7. The average molecular weight is 778 g/mol. The zero-order chi connectivity index (χ0) is 41.5.